The maximum atomic E-state index is 5.76. The van der Waals surface area contributed by atoms with Crippen LogP contribution in [0, 0.1) is 5.92 Å². The van der Waals surface area contributed by atoms with Crippen molar-refractivity contribution in [3.05, 3.63) is 60.8 Å². The first-order valence-corrected chi connectivity index (χ1v) is 5.40. The predicted octanol–water partition coefficient (Wildman–Crippen LogP) is 3.14. The molecule has 0 saturated heterocycles. The number of allylic oxidation sites excluding steroid dienone is 7. The quantitative estimate of drug-likeness (QED) is 0.679. The van der Waals surface area contributed by atoms with Crippen LogP contribution < -0.4 is 5.73 Å². The summed E-state index contributed by atoms with van der Waals surface area (Å²) in [5.74, 6) is 0.379. The highest BCUT2D eigenvalue weighted by atomic mass is 14.5. The second kappa shape index (κ2) is 7.02. The van der Waals surface area contributed by atoms with Gasteiger partial charge in [-0.3, -0.25) is 0 Å². The molecule has 1 rings (SSSR count). The van der Waals surface area contributed by atoms with E-state index in [1.54, 1.807) is 6.08 Å². The van der Waals surface area contributed by atoms with Crippen molar-refractivity contribution < 1.29 is 0 Å². The summed E-state index contributed by atoms with van der Waals surface area (Å²) in [7, 11) is 0. The highest BCUT2D eigenvalue weighted by Crippen LogP contribution is 2.21. The summed E-state index contributed by atoms with van der Waals surface area (Å²) in [4.78, 5) is 0. The zero-order valence-electron chi connectivity index (χ0n) is 9.10. The molecule has 0 radical (unpaired) electrons. The van der Waals surface area contributed by atoms with Crippen molar-refractivity contribution in [1.29, 1.82) is 0 Å². The van der Waals surface area contributed by atoms with Gasteiger partial charge in [-0.1, -0.05) is 60.8 Å². The average molecular weight is 201 g/mol. The van der Waals surface area contributed by atoms with Crippen molar-refractivity contribution in [3.8, 4) is 0 Å². The van der Waals surface area contributed by atoms with Crippen molar-refractivity contribution in [2.75, 3.05) is 6.54 Å². The minimum absolute atomic E-state index is 0.379. The Labute approximate surface area is 92.4 Å². The van der Waals surface area contributed by atoms with Crippen molar-refractivity contribution in [3.63, 3.8) is 0 Å². The fourth-order valence-electron chi connectivity index (χ4n) is 1.62. The molecule has 1 unspecified atom stereocenters. The van der Waals surface area contributed by atoms with E-state index in [9.17, 15) is 0 Å². The number of rotatable bonds is 5. The Morgan fingerprint density at radius 3 is 2.87 bits per heavy atom. The van der Waals surface area contributed by atoms with Gasteiger partial charge in [0.05, 0.1) is 0 Å². The molecule has 1 aliphatic carbocycles. The zero-order valence-corrected chi connectivity index (χ0v) is 9.10. The maximum absolute atomic E-state index is 5.76. The lowest BCUT2D eigenvalue weighted by Crippen LogP contribution is -2.15. The van der Waals surface area contributed by atoms with Gasteiger partial charge < -0.3 is 5.73 Å². The second-order valence-corrected chi connectivity index (χ2v) is 3.56. The fraction of sp³-hybridized carbons (Fsp3) is 0.286. The van der Waals surface area contributed by atoms with Gasteiger partial charge in [0.25, 0.3) is 0 Å². The molecule has 15 heavy (non-hydrogen) atoms. The van der Waals surface area contributed by atoms with E-state index in [0.717, 1.165) is 12.8 Å². The fourth-order valence-corrected chi connectivity index (χ4v) is 1.62. The summed E-state index contributed by atoms with van der Waals surface area (Å²) >= 11 is 0. The first-order chi connectivity index (χ1) is 7.38. The molecule has 80 valence electrons. The third kappa shape index (κ3) is 4.13. The molecule has 0 bridgehead atoms. The molecule has 0 amide bonds. The summed E-state index contributed by atoms with van der Waals surface area (Å²) in [6, 6.07) is 0. The van der Waals surface area contributed by atoms with Crippen LogP contribution in [-0.2, 0) is 0 Å². The Morgan fingerprint density at radius 1 is 1.40 bits per heavy atom. The molecular weight excluding hydrogens is 182 g/mol. The topological polar surface area (TPSA) is 26.0 Å². The predicted molar refractivity (Wildman–Crippen MR) is 67.5 cm³/mol. The van der Waals surface area contributed by atoms with Crippen molar-refractivity contribution in [2.45, 2.75) is 12.8 Å². The number of nitrogens with two attached hydrogens (primary N) is 1. The van der Waals surface area contributed by atoms with Gasteiger partial charge in [0, 0.05) is 12.5 Å². The van der Waals surface area contributed by atoms with Crippen LogP contribution in [0.15, 0.2) is 60.8 Å². The monoisotopic (exact) mass is 201 g/mol. The summed E-state index contributed by atoms with van der Waals surface area (Å²) < 4.78 is 0. The second-order valence-electron chi connectivity index (χ2n) is 3.56. The van der Waals surface area contributed by atoms with E-state index in [1.165, 1.54) is 5.57 Å². The van der Waals surface area contributed by atoms with Crippen LogP contribution in [0.1, 0.15) is 12.8 Å². The average Bonchev–Trinajstić information content (AvgIpc) is 2.30. The SMILES string of the molecule is C=C/C=C\C=C\C(CN)C1=CC=CCC1. The Bertz CT molecular complexity index is 305. The minimum atomic E-state index is 0.379. The standard InChI is InChI=1S/C14H19N/c1-2-3-4-6-11-14(12-15)13-9-7-5-8-10-13/h2-7,9,11,14H,1,8,10,12,15H2/b4-3-,11-6+. The van der Waals surface area contributed by atoms with Gasteiger partial charge in [0.2, 0.25) is 0 Å². The molecule has 0 saturated carbocycles. The molecule has 1 aliphatic rings. The van der Waals surface area contributed by atoms with Crippen LogP contribution >= 0.6 is 0 Å². The van der Waals surface area contributed by atoms with Gasteiger partial charge in [0.15, 0.2) is 0 Å². The molecule has 0 heterocycles. The summed E-state index contributed by atoms with van der Waals surface area (Å²) in [6.45, 7) is 4.30. The third-order valence-corrected chi connectivity index (χ3v) is 2.48. The van der Waals surface area contributed by atoms with Gasteiger partial charge in [-0.25, -0.2) is 0 Å². The van der Waals surface area contributed by atoms with Crippen LogP contribution in [0.2, 0.25) is 0 Å². The summed E-state index contributed by atoms with van der Waals surface area (Å²) in [5, 5.41) is 0. The first kappa shape index (κ1) is 11.7. The van der Waals surface area contributed by atoms with Crippen molar-refractivity contribution in [2.24, 2.45) is 11.7 Å². The highest BCUT2D eigenvalue weighted by Gasteiger charge is 2.09. The normalized spacial score (nSPS) is 18.3. The van der Waals surface area contributed by atoms with Crippen molar-refractivity contribution >= 4 is 0 Å². The van der Waals surface area contributed by atoms with Gasteiger partial charge >= 0.3 is 0 Å². The Morgan fingerprint density at radius 2 is 2.27 bits per heavy atom. The summed E-state index contributed by atoms with van der Waals surface area (Å²) in [5.41, 5.74) is 7.19. The lowest BCUT2D eigenvalue weighted by Gasteiger charge is -2.16. The molecule has 0 aromatic heterocycles. The van der Waals surface area contributed by atoms with E-state index >= 15 is 0 Å². The minimum Gasteiger partial charge on any atom is -0.330 e. The van der Waals surface area contributed by atoms with Crippen LogP contribution in [-0.4, -0.2) is 6.54 Å². The van der Waals surface area contributed by atoms with E-state index in [4.69, 9.17) is 5.73 Å². The molecule has 0 fully saturated rings. The molecule has 1 atom stereocenters. The largest absolute Gasteiger partial charge is 0.330 e. The van der Waals surface area contributed by atoms with Crippen LogP contribution in [0.4, 0.5) is 0 Å². The lowest BCUT2D eigenvalue weighted by molar-refractivity contribution is 0.715. The summed E-state index contributed by atoms with van der Waals surface area (Å²) in [6.07, 6.45) is 18.6. The molecule has 1 nitrogen and oxygen atoms in total. The molecular formula is C14H19N. The molecule has 1 heteroatoms. The Hall–Kier alpha value is -1.34. The maximum Gasteiger partial charge on any atom is 0.0106 e. The van der Waals surface area contributed by atoms with Crippen LogP contribution in [0.25, 0.3) is 0 Å². The smallest absolute Gasteiger partial charge is 0.0106 e. The van der Waals surface area contributed by atoms with Gasteiger partial charge in [0.1, 0.15) is 0 Å². The third-order valence-electron chi connectivity index (χ3n) is 2.48. The number of hydrogen-bond acceptors (Lipinski definition) is 1. The Kier molecular flexibility index (Phi) is 5.49. The lowest BCUT2D eigenvalue weighted by atomic mass is 9.91. The highest BCUT2D eigenvalue weighted by molar-refractivity contribution is 5.25. The van der Waals surface area contributed by atoms with Gasteiger partial charge in [-0.15, -0.1) is 0 Å². The zero-order chi connectivity index (χ0) is 10.9. The Balaban J connectivity index is 2.58. The molecule has 0 aliphatic heterocycles. The van der Waals surface area contributed by atoms with Crippen molar-refractivity contribution in [1.82, 2.24) is 0 Å². The van der Waals surface area contributed by atoms with Crippen LogP contribution in [0.5, 0.6) is 0 Å². The van der Waals surface area contributed by atoms with E-state index in [2.05, 4.69) is 30.9 Å². The molecule has 2 N–H and O–H groups in total. The van der Waals surface area contributed by atoms with E-state index in [1.807, 2.05) is 18.2 Å². The molecule has 0 aromatic carbocycles. The van der Waals surface area contributed by atoms with Crippen LogP contribution in [0.3, 0.4) is 0 Å². The number of hydrogen-bond donors (Lipinski definition) is 1. The van der Waals surface area contributed by atoms with E-state index in [-0.39, 0.29) is 0 Å². The van der Waals surface area contributed by atoms with E-state index < -0.39 is 0 Å². The molecule has 0 spiro atoms. The van der Waals surface area contributed by atoms with E-state index in [0.29, 0.717) is 12.5 Å². The van der Waals surface area contributed by atoms with Gasteiger partial charge in [-0.2, -0.15) is 0 Å². The molecule has 0 aromatic rings. The van der Waals surface area contributed by atoms with Gasteiger partial charge in [-0.05, 0) is 12.8 Å². The first-order valence-electron chi connectivity index (χ1n) is 5.40.